The Morgan fingerprint density at radius 2 is 1.70 bits per heavy atom. The summed E-state index contributed by atoms with van der Waals surface area (Å²) < 4.78 is 0. The van der Waals surface area contributed by atoms with Gasteiger partial charge in [0.15, 0.2) is 0 Å². The molecule has 0 radical (unpaired) electrons. The number of rotatable bonds is 10. The number of hydrogen-bond acceptors (Lipinski definition) is 6. The summed E-state index contributed by atoms with van der Waals surface area (Å²) >= 11 is 1.78. The molecule has 3 aliphatic heterocycles. The Kier molecular flexibility index (Phi) is 8.94. The molecule has 7 rings (SSSR count). The molecule has 8 heteroatoms. The number of piperidine rings is 1. The van der Waals surface area contributed by atoms with Crippen molar-refractivity contribution in [1.29, 1.82) is 0 Å². The molecule has 4 aliphatic rings. The molecule has 1 aliphatic carbocycles. The average molecular weight is 644 g/mol. The molecule has 5 heterocycles. The molecule has 2 N–H and O–H groups in total. The van der Waals surface area contributed by atoms with Crippen molar-refractivity contribution in [3.63, 3.8) is 0 Å². The summed E-state index contributed by atoms with van der Waals surface area (Å²) in [5.74, 6) is 1.40. The maximum atomic E-state index is 14.0. The van der Waals surface area contributed by atoms with Gasteiger partial charge in [0.1, 0.15) is 10.6 Å². The van der Waals surface area contributed by atoms with Gasteiger partial charge in [0.25, 0.3) is 0 Å². The lowest BCUT2D eigenvalue weighted by molar-refractivity contribution is -0.136. The summed E-state index contributed by atoms with van der Waals surface area (Å²) in [5, 5.41) is 4.88. The van der Waals surface area contributed by atoms with Crippen LogP contribution in [0.5, 0.6) is 0 Å². The number of aryl methyl sites for hydroxylation is 2. The number of nitrogens with zero attached hydrogens (tertiary/aromatic N) is 3. The minimum atomic E-state index is -0.502. The summed E-state index contributed by atoms with van der Waals surface area (Å²) in [6.07, 6.45) is 6.44. The monoisotopic (exact) mass is 643 g/mol. The Morgan fingerprint density at radius 1 is 0.978 bits per heavy atom. The number of nitrogens with one attached hydrogen (secondary N) is 2. The lowest BCUT2D eigenvalue weighted by Gasteiger charge is -2.39. The van der Waals surface area contributed by atoms with Gasteiger partial charge >= 0.3 is 0 Å². The minimum Gasteiger partial charge on any atom is -0.346 e. The van der Waals surface area contributed by atoms with Gasteiger partial charge in [0.2, 0.25) is 5.91 Å². The third kappa shape index (κ3) is 5.88. The molecule has 4 fully saturated rings. The maximum absolute atomic E-state index is 14.0. The normalized spacial score (nSPS) is 24.8. The van der Waals surface area contributed by atoms with Gasteiger partial charge < -0.3 is 20.1 Å². The Balaban J connectivity index is 1.11. The first kappa shape index (κ1) is 32.0. The number of ketones is 1. The molecule has 4 unspecified atom stereocenters. The van der Waals surface area contributed by atoms with E-state index in [0.717, 1.165) is 84.5 Å². The second-order valence-electron chi connectivity index (χ2n) is 15.2. The van der Waals surface area contributed by atoms with Crippen LogP contribution in [0.25, 0.3) is 21.5 Å². The first-order valence-electron chi connectivity index (χ1n) is 17.9. The van der Waals surface area contributed by atoms with Crippen molar-refractivity contribution in [1.82, 2.24) is 25.0 Å². The van der Waals surface area contributed by atoms with E-state index in [4.69, 9.17) is 0 Å². The predicted octanol–water partition coefficient (Wildman–Crippen LogP) is 5.92. The van der Waals surface area contributed by atoms with Crippen LogP contribution in [-0.4, -0.2) is 95.8 Å². The number of carbonyl (C=O) groups is 2. The van der Waals surface area contributed by atoms with Crippen molar-refractivity contribution in [3.8, 4) is 11.3 Å². The van der Waals surface area contributed by atoms with Crippen LogP contribution in [0.3, 0.4) is 0 Å². The number of benzene rings is 1. The molecule has 3 saturated heterocycles. The molecule has 3 aromatic rings. The van der Waals surface area contributed by atoms with Crippen LogP contribution in [-0.2, 0) is 21.4 Å². The highest BCUT2D eigenvalue weighted by Gasteiger charge is 2.50. The summed E-state index contributed by atoms with van der Waals surface area (Å²) in [4.78, 5) is 40.6. The van der Waals surface area contributed by atoms with Crippen molar-refractivity contribution >= 4 is 33.2 Å². The number of carbonyl (C=O) groups excluding carboxylic acids is 2. The standard InChI is InChI=1S/C38H53N5O2S/c1-6-31(37(45)43-12-7-8-13-43)42-17-15-41(16-18-42)14-11-28-29-22-32(38(4,5)35(44)33-26-9-10-30(33)39-23-26)46-36(29)40-34(28)27-20-24(2)19-25(3)21-27/h19-22,26,30-31,33,39-40H,6-18,23H2,1-5H3. The predicted molar refractivity (Wildman–Crippen MR) is 189 cm³/mol. The number of amides is 1. The second-order valence-corrected chi connectivity index (χ2v) is 16.2. The van der Waals surface area contributed by atoms with Gasteiger partial charge in [-0.05, 0) is 108 Å². The molecule has 2 aromatic heterocycles. The molecule has 1 saturated carbocycles. The molecular formula is C38H53N5O2S. The summed E-state index contributed by atoms with van der Waals surface area (Å²) in [7, 11) is 0. The first-order valence-corrected chi connectivity index (χ1v) is 18.7. The third-order valence-electron chi connectivity index (χ3n) is 11.7. The number of hydrogen-bond donors (Lipinski definition) is 2. The van der Waals surface area contributed by atoms with E-state index < -0.39 is 5.41 Å². The van der Waals surface area contributed by atoms with Crippen molar-refractivity contribution in [2.75, 3.05) is 52.4 Å². The van der Waals surface area contributed by atoms with E-state index in [1.54, 1.807) is 11.3 Å². The van der Waals surface area contributed by atoms with Crippen LogP contribution in [0.1, 0.15) is 74.4 Å². The van der Waals surface area contributed by atoms with E-state index in [1.807, 2.05) is 0 Å². The zero-order valence-corrected chi connectivity index (χ0v) is 29.4. The maximum Gasteiger partial charge on any atom is 0.239 e. The van der Waals surface area contributed by atoms with Gasteiger partial charge in [-0.25, -0.2) is 0 Å². The summed E-state index contributed by atoms with van der Waals surface area (Å²) in [6, 6.07) is 9.55. The number of aromatic amines is 1. The highest BCUT2D eigenvalue weighted by molar-refractivity contribution is 7.19. The number of H-pyrrole nitrogens is 1. The van der Waals surface area contributed by atoms with E-state index in [-0.39, 0.29) is 12.0 Å². The summed E-state index contributed by atoms with van der Waals surface area (Å²) in [5.41, 5.74) is 5.89. The van der Waals surface area contributed by atoms with E-state index in [2.05, 4.69) is 83.9 Å². The molecule has 4 atom stereocenters. The molecule has 7 nitrogen and oxygen atoms in total. The van der Waals surface area contributed by atoms with E-state index in [0.29, 0.717) is 23.7 Å². The molecule has 1 aromatic carbocycles. The van der Waals surface area contributed by atoms with E-state index in [1.165, 1.54) is 49.5 Å². The van der Waals surface area contributed by atoms with Gasteiger partial charge in [-0.1, -0.05) is 24.1 Å². The SMILES string of the molecule is CCC(C(=O)N1CCCC1)N1CCN(CCc2c(-c3cc(C)cc(C)c3)[nH]c3sc(C(C)(C)C(=O)C4C5CCC4NC5)cc23)CC1. The van der Waals surface area contributed by atoms with Crippen LogP contribution >= 0.6 is 11.3 Å². The fourth-order valence-corrected chi connectivity index (χ4v) is 10.2. The van der Waals surface area contributed by atoms with Gasteiger partial charge in [0.05, 0.1) is 17.2 Å². The second kappa shape index (κ2) is 12.8. The summed E-state index contributed by atoms with van der Waals surface area (Å²) in [6.45, 7) is 18.5. The quantitative estimate of drug-likeness (QED) is 0.287. The highest BCUT2D eigenvalue weighted by Crippen LogP contribution is 2.45. The average Bonchev–Trinajstić information content (AvgIpc) is 3.88. The van der Waals surface area contributed by atoms with Crippen LogP contribution in [0.2, 0.25) is 0 Å². The highest BCUT2D eigenvalue weighted by atomic mass is 32.1. The number of Topliss-reactive ketones (excluding diaryl/α,β-unsaturated/α-hetero) is 1. The first-order chi connectivity index (χ1) is 22.1. The van der Waals surface area contributed by atoms with Gasteiger partial charge in [-0.2, -0.15) is 0 Å². The number of fused-ring (bicyclic) bond motifs is 3. The lowest BCUT2D eigenvalue weighted by atomic mass is 9.76. The number of likely N-dealkylation sites (tertiary alicyclic amines) is 1. The van der Waals surface area contributed by atoms with Crippen LogP contribution in [0, 0.1) is 25.7 Å². The Morgan fingerprint density at radius 3 is 2.30 bits per heavy atom. The van der Waals surface area contributed by atoms with Crippen molar-refractivity contribution < 1.29 is 9.59 Å². The lowest BCUT2D eigenvalue weighted by Crippen LogP contribution is -2.55. The Bertz CT molecular complexity index is 1550. The van der Waals surface area contributed by atoms with E-state index in [9.17, 15) is 9.59 Å². The van der Waals surface area contributed by atoms with Crippen LogP contribution in [0.15, 0.2) is 24.3 Å². The van der Waals surface area contributed by atoms with Gasteiger partial charge in [-0.3, -0.25) is 14.5 Å². The molecular weight excluding hydrogens is 591 g/mol. The number of aromatic nitrogens is 1. The molecule has 0 spiro atoms. The minimum absolute atomic E-state index is 0.0196. The van der Waals surface area contributed by atoms with Crippen LogP contribution < -0.4 is 5.32 Å². The van der Waals surface area contributed by atoms with Gasteiger partial charge in [0, 0.05) is 68.0 Å². The Hall–Kier alpha value is -2.52. The van der Waals surface area contributed by atoms with Crippen molar-refractivity contribution in [3.05, 3.63) is 45.8 Å². The molecule has 46 heavy (non-hydrogen) atoms. The molecule has 2 bridgehead atoms. The van der Waals surface area contributed by atoms with Crippen molar-refractivity contribution in [2.45, 2.75) is 90.6 Å². The zero-order chi connectivity index (χ0) is 32.2. The zero-order valence-electron chi connectivity index (χ0n) is 28.6. The number of thiophene rings is 1. The largest absolute Gasteiger partial charge is 0.346 e. The smallest absolute Gasteiger partial charge is 0.239 e. The van der Waals surface area contributed by atoms with Crippen molar-refractivity contribution in [2.24, 2.45) is 11.8 Å². The fourth-order valence-electron chi connectivity index (χ4n) is 9.05. The van der Waals surface area contributed by atoms with Gasteiger partial charge in [-0.15, -0.1) is 11.3 Å². The number of piperazine rings is 1. The Labute approximate surface area is 279 Å². The van der Waals surface area contributed by atoms with Crippen LogP contribution in [0.4, 0.5) is 0 Å². The third-order valence-corrected chi connectivity index (χ3v) is 13.1. The topological polar surface area (TPSA) is 71.7 Å². The van der Waals surface area contributed by atoms with E-state index >= 15 is 0 Å². The fraction of sp³-hybridized carbons (Fsp3) is 0.632. The molecule has 1 amide bonds. The molecule has 248 valence electrons.